The van der Waals surface area contributed by atoms with Gasteiger partial charge < -0.3 is 4.98 Å². The van der Waals surface area contributed by atoms with E-state index in [1.54, 1.807) is 5.56 Å². The van der Waals surface area contributed by atoms with Gasteiger partial charge in [0.2, 0.25) is 0 Å². The number of halogens is 1. The number of nitrogens with one attached hydrogen (secondary N) is 1. The van der Waals surface area contributed by atoms with Crippen molar-refractivity contribution in [3.05, 3.63) is 33.9 Å². The number of benzene rings is 1. The van der Waals surface area contributed by atoms with Crippen LogP contribution in [0.15, 0.2) is 22.7 Å². The molecule has 22 heavy (non-hydrogen) atoms. The highest BCUT2D eigenvalue weighted by molar-refractivity contribution is 9.10. The van der Waals surface area contributed by atoms with Crippen LogP contribution in [-0.2, 0) is 6.42 Å². The van der Waals surface area contributed by atoms with E-state index in [1.807, 2.05) is 0 Å². The van der Waals surface area contributed by atoms with E-state index in [2.05, 4.69) is 48.9 Å². The highest BCUT2D eigenvalue weighted by Gasteiger charge is 2.41. The molecule has 1 N–H and O–H groups in total. The van der Waals surface area contributed by atoms with Crippen LogP contribution in [0.5, 0.6) is 0 Å². The molecule has 1 aromatic carbocycles. The van der Waals surface area contributed by atoms with E-state index < -0.39 is 0 Å². The smallest absolute Gasteiger partial charge is 0.0628 e. The lowest BCUT2D eigenvalue weighted by Gasteiger charge is -2.52. The fourth-order valence-electron chi connectivity index (χ4n) is 4.93. The van der Waals surface area contributed by atoms with Gasteiger partial charge in [-0.15, -0.1) is 0 Å². The van der Waals surface area contributed by atoms with Gasteiger partial charge in [0, 0.05) is 34.2 Å². The molecule has 2 fully saturated rings. The second-order valence-corrected chi connectivity index (χ2v) is 7.93. The number of hydrogen-bond acceptors (Lipinski definition) is 2. The maximum absolute atomic E-state index is 3.76. The van der Waals surface area contributed by atoms with Crippen LogP contribution in [0.25, 0.3) is 10.9 Å². The minimum atomic E-state index is 0.606. The summed E-state index contributed by atoms with van der Waals surface area (Å²) in [5.41, 5.74) is 4.38. The summed E-state index contributed by atoms with van der Waals surface area (Å²) in [4.78, 5) is 9.27. The van der Waals surface area contributed by atoms with Gasteiger partial charge in [0.25, 0.3) is 0 Å². The van der Waals surface area contributed by atoms with E-state index in [0.29, 0.717) is 12.2 Å². The Morgan fingerprint density at radius 3 is 3.00 bits per heavy atom. The summed E-state index contributed by atoms with van der Waals surface area (Å²) in [6.07, 6.45) is 7.31. The van der Waals surface area contributed by atoms with Crippen LogP contribution in [0.1, 0.15) is 43.0 Å². The van der Waals surface area contributed by atoms with Crippen molar-refractivity contribution in [2.24, 2.45) is 0 Å². The minimum Gasteiger partial charge on any atom is -0.357 e. The first-order chi connectivity index (χ1) is 10.8. The predicted molar refractivity (Wildman–Crippen MR) is 93.0 cm³/mol. The molecular weight excluding hydrogens is 338 g/mol. The van der Waals surface area contributed by atoms with E-state index in [4.69, 9.17) is 0 Å². The van der Waals surface area contributed by atoms with Gasteiger partial charge in [0.15, 0.2) is 0 Å². The highest BCUT2D eigenvalue weighted by atomic mass is 79.9. The van der Waals surface area contributed by atoms with Gasteiger partial charge in [-0.2, -0.15) is 0 Å². The Bertz CT molecular complexity index is 722. The van der Waals surface area contributed by atoms with Gasteiger partial charge in [-0.25, -0.2) is 0 Å². The molecule has 0 unspecified atom stereocenters. The first-order valence-corrected chi connectivity index (χ1v) is 9.40. The lowest BCUT2D eigenvalue weighted by atomic mass is 9.90. The van der Waals surface area contributed by atoms with Gasteiger partial charge in [0.05, 0.1) is 12.2 Å². The largest absolute Gasteiger partial charge is 0.357 e. The second kappa shape index (κ2) is 5.08. The van der Waals surface area contributed by atoms with Crippen LogP contribution in [0.3, 0.4) is 0 Å². The number of aromatic nitrogens is 1. The standard InChI is InChI=1S/C18H22BrN3/c19-12-4-5-13-14-6-10-22-16(18(14)20-15(13)11-12)7-9-21-8-2-1-3-17(21)22/h4-5,11,16-17,20H,1-3,6-10H2/t16-,17-/m0/s1. The normalized spacial score (nSPS) is 29.1. The predicted octanol–water partition coefficient (Wildman–Crippen LogP) is 4.05. The lowest BCUT2D eigenvalue weighted by molar-refractivity contribution is -0.0599. The van der Waals surface area contributed by atoms with Crippen LogP contribution in [0, 0.1) is 0 Å². The van der Waals surface area contributed by atoms with Crippen LogP contribution < -0.4 is 0 Å². The Morgan fingerprint density at radius 2 is 2.05 bits per heavy atom. The molecule has 2 atom stereocenters. The molecule has 0 spiro atoms. The third-order valence-electron chi connectivity index (χ3n) is 5.91. The maximum atomic E-state index is 3.76. The Hall–Kier alpha value is -0.840. The third-order valence-corrected chi connectivity index (χ3v) is 6.40. The molecule has 4 heterocycles. The zero-order valence-corrected chi connectivity index (χ0v) is 14.4. The molecule has 3 nitrogen and oxygen atoms in total. The maximum Gasteiger partial charge on any atom is 0.0628 e. The SMILES string of the molecule is Brc1ccc2c3c([nH]c2c1)[C@@H]1CCN2CCCC[C@@H]2N1CC3. The number of nitrogens with zero attached hydrogens (tertiary/aromatic N) is 2. The average Bonchev–Trinajstić information content (AvgIpc) is 2.92. The van der Waals surface area contributed by atoms with Crippen molar-refractivity contribution in [3.63, 3.8) is 0 Å². The summed E-state index contributed by atoms with van der Waals surface area (Å²) in [6, 6.07) is 7.29. The fourth-order valence-corrected chi connectivity index (χ4v) is 5.29. The Kier molecular flexibility index (Phi) is 3.14. The Balaban J connectivity index is 1.58. The van der Waals surface area contributed by atoms with Gasteiger partial charge in [-0.1, -0.05) is 22.0 Å². The number of H-pyrrole nitrogens is 1. The summed E-state index contributed by atoms with van der Waals surface area (Å²) in [5.74, 6) is 0. The summed E-state index contributed by atoms with van der Waals surface area (Å²) in [6.45, 7) is 3.80. The zero-order chi connectivity index (χ0) is 14.7. The molecule has 4 heteroatoms. The molecule has 2 aromatic rings. The van der Waals surface area contributed by atoms with Crippen LogP contribution >= 0.6 is 15.9 Å². The number of aromatic amines is 1. The van der Waals surface area contributed by atoms with E-state index in [-0.39, 0.29) is 0 Å². The summed E-state index contributed by atoms with van der Waals surface area (Å²) in [5, 5.41) is 1.43. The van der Waals surface area contributed by atoms with Gasteiger partial charge in [0.1, 0.15) is 0 Å². The van der Waals surface area contributed by atoms with Crippen molar-refractivity contribution < 1.29 is 0 Å². The first kappa shape index (κ1) is 13.6. The molecule has 0 radical (unpaired) electrons. The van der Waals surface area contributed by atoms with E-state index >= 15 is 0 Å². The molecule has 0 amide bonds. The van der Waals surface area contributed by atoms with Crippen molar-refractivity contribution in [1.82, 2.24) is 14.8 Å². The molecule has 2 saturated heterocycles. The van der Waals surface area contributed by atoms with Gasteiger partial charge in [-0.3, -0.25) is 9.80 Å². The zero-order valence-electron chi connectivity index (χ0n) is 12.8. The summed E-state index contributed by atoms with van der Waals surface area (Å²) >= 11 is 3.60. The lowest BCUT2D eigenvalue weighted by Crippen LogP contribution is -2.58. The molecule has 0 bridgehead atoms. The molecule has 0 aliphatic carbocycles. The quantitative estimate of drug-likeness (QED) is 0.766. The molecule has 3 aliphatic rings. The van der Waals surface area contributed by atoms with Crippen LogP contribution in [0.4, 0.5) is 0 Å². The van der Waals surface area contributed by atoms with Crippen molar-refractivity contribution in [3.8, 4) is 0 Å². The van der Waals surface area contributed by atoms with Crippen LogP contribution in [-0.4, -0.2) is 40.6 Å². The number of fused-ring (bicyclic) bond motifs is 7. The molecule has 0 saturated carbocycles. The molecule has 3 aliphatic heterocycles. The minimum absolute atomic E-state index is 0.606. The fraction of sp³-hybridized carbons (Fsp3) is 0.556. The molecular formula is C18H22BrN3. The Morgan fingerprint density at radius 1 is 1.09 bits per heavy atom. The summed E-state index contributed by atoms with van der Waals surface area (Å²) < 4.78 is 1.16. The summed E-state index contributed by atoms with van der Waals surface area (Å²) in [7, 11) is 0. The first-order valence-electron chi connectivity index (χ1n) is 8.61. The van der Waals surface area contributed by atoms with Gasteiger partial charge >= 0.3 is 0 Å². The van der Waals surface area contributed by atoms with Crippen molar-refractivity contribution in [2.75, 3.05) is 19.6 Å². The van der Waals surface area contributed by atoms with Crippen LogP contribution in [0.2, 0.25) is 0 Å². The average molecular weight is 360 g/mol. The van der Waals surface area contributed by atoms with Gasteiger partial charge in [-0.05, 0) is 56.3 Å². The second-order valence-electron chi connectivity index (χ2n) is 7.01. The van der Waals surface area contributed by atoms with E-state index in [0.717, 1.165) is 4.47 Å². The van der Waals surface area contributed by atoms with E-state index in [9.17, 15) is 0 Å². The van der Waals surface area contributed by atoms with Crippen molar-refractivity contribution in [2.45, 2.75) is 44.3 Å². The monoisotopic (exact) mass is 359 g/mol. The van der Waals surface area contributed by atoms with Crippen molar-refractivity contribution in [1.29, 1.82) is 0 Å². The highest BCUT2D eigenvalue weighted by Crippen LogP contribution is 2.42. The molecule has 1 aromatic heterocycles. The number of hydrogen-bond donors (Lipinski definition) is 1. The van der Waals surface area contributed by atoms with Crippen molar-refractivity contribution >= 4 is 26.8 Å². The third kappa shape index (κ3) is 1.93. The van der Waals surface area contributed by atoms with E-state index in [1.165, 1.54) is 68.3 Å². The topological polar surface area (TPSA) is 22.3 Å². The number of rotatable bonds is 0. The molecule has 116 valence electrons. The molecule has 5 rings (SSSR count). The Labute approximate surface area is 139 Å². The number of piperidine rings is 1.